The molecule has 0 saturated heterocycles. The third-order valence-electron chi connectivity index (χ3n) is 5.43. The van der Waals surface area contributed by atoms with Crippen LogP contribution in [0.25, 0.3) is 0 Å². The average Bonchev–Trinajstić information content (AvgIpc) is 3.21. The number of ether oxygens (including phenoxy) is 1. The molecule has 0 spiro atoms. The van der Waals surface area contributed by atoms with E-state index in [2.05, 4.69) is 46.9 Å². The maximum absolute atomic E-state index is 12.8. The lowest BCUT2D eigenvalue weighted by Gasteiger charge is -2.27. The fourth-order valence-corrected chi connectivity index (χ4v) is 3.62. The predicted octanol–water partition coefficient (Wildman–Crippen LogP) is 3.94. The van der Waals surface area contributed by atoms with Crippen LogP contribution in [0.5, 0.6) is 5.75 Å². The quantitative estimate of drug-likeness (QED) is 0.669. The van der Waals surface area contributed by atoms with Crippen molar-refractivity contribution in [3.8, 4) is 5.75 Å². The highest BCUT2D eigenvalue weighted by molar-refractivity contribution is 5.98. The van der Waals surface area contributed by atoms with Crippen molar-refractivity contribution in [2.24, 2.45) is 0 Å². The van der Waals surface area contributed by atoms with E-state index in [4.69, 9.17) is 4.74 Å². The number of benzene rings is 2. The number of rotatable bonds is 6. The second kappa shape index (κ2) is 8.39. The number of hydrogen-bond donors (Lipinski definition) is 2. The van der Waals surface area contributed by atoms with Crippen LogP contribution in [0.4, 0.5) is 5.82 Å². The first-order valence-corrected chi connectivity index (χ1v) is 10.00. The summed E-state index contributed by atoms with van der Waals surface area (Å²) in [5.74, 6) is 1.46. The summed E-state index contributed by atoms with van der Waals surface area (Å²) in [5, 5.41) is 10.9. The number of amides is 1. The van der Waals surface area contributed by atoms with E-state index >= 15 is 0 Å². The Morgan fingerprint density at radius 3 is 2.59 bits per heavy atom. The minimum absolute atomic E-state index is 0.128. The van der Waals surface area contributed by atoms with Crippen LogP contribution in [0.1, 0.15) is 46.4 Å². The van der Waals surface area contributed by atoms with Crippen LogP contribution in [0.15, 0.2) is 54.7 Å². The van der Waals surface area contributed by atoms with Crippen LogP contribution in [0.3, 0.4) is 0 Å². The molecule has 150 valence electrons. The van der Waals surface area contributed by atoms with Gasteiger partial charge in [-0.1, -0.05) is 43.3 Å². The number of aromatic nitrogens is 2. The first-order chi connectivity index (χ1) is 14.2. The molecule has 0 saturated carbocycles. The zero-order valence-corrected chi connectivity index (χ0v) is 16.8. The molecule has 1 aliphatic rings. The molecule has 1 aromatic heterocycles. The van der Waals surface area contributed by atoms with Crippen LogP contribution in [0, 0.1) is 0 Å². The Morgan fingerprint density at radius 1 is 1.17 bits per heavy atom. The largest absolute Gasteiger partial charge is 0.497 e. The molecule has 0 bridgehead atoms. The van der Waals surface area contributed by atoms with Gasteiger partial charge in [-0.25, -0.2) is 4.68 Å². The zero-order chi connectivity index (χ0) is 20.2. The van der Waals surface area contributed by atoms with Crippen LogP contribution < -0.4 is 15.4 Å². The zero-order valence-electron chi connectivity index (χ0n) is 16.8. The molecule has 1 atom stereocenters. The van der Waals surface area contributed by atoms with Gasteiger partial charge in [0.2, 0.25) is 0 Å². The van der Waals surface area contributed by atoms with Crippen LogP contribution in [-0.2, 0) is 19.5 Å². The molecule has 6 heteroatoms. The van der Waals surface area contributed by atoms with Gasteiger partial charge in [-0.3, -0.25) is 4.79 Å². The van der Waals surface area contributed by atoms with E-state index in [0.717, 1.165) is 36.5 Å². The van der Waals surface area contributed by atoms with E-state index < -0.39 is 0 Å². The normalized spacial score (nSPS) is 15.3. The maximum atomic E-state index is 12.8. The van der Waals surface area contributed by atoms with Gasteiger partial charge < -0.3 is 15.4 Å². The van der Waals surface area contributed by atoms with E-state index in [1.807, 2.05) is 28.9 Å². The lowest BCUT2D eigenvalue weighted by molar-refractivity contribution is 0.0951. The van der Waals surface area contributed by atoms with E-state index in [1.165, 1.54) is 11.1 Å². The highest BCUT2D eigenvalue weighted by Crippen LogP contribution is 2.30. The van der Waals surface area contributed by atoms with E-state index in [0.29, 0.717) is 12.1 Å². The Balaban J connectivity index is 1.44. The van der Waals surface area contributed by atoms with Gasteiger partial charge in [-0.2, -0.15) is 5.10 Å². The summed E-state index contributed by atoms with van der Waals surface area (Å²) in [5.41, 5.74) is 4.16. The number of nitrogens with zero attached hydrogens (tertiary/aromatic N) is 2. The number of nitrogens with one attached hydrogen (secondary N) is 2. The molecule has 0 aliphatic carbocycles. The summed E-state index contributed by atoms with van der Waals surface area (Å²) in [7, 11) is 1.64. The molecule has 1 unspecified atom stereocenters. The van der Waals surface area contributed by atoms with Crippen molar-refractivity contribution in [1.29, 1.82) is 0 Å². The Kier molecular flexibility index (Phi) is 5.51. The van der Waals surface area contributed by atoms with Crippen molar-refractivity contribution in [1.82, 2.24) is 15.1 Å². The van der Waals surface area contributed by atoms with Gasteiger partial charge in [-0.05, 0) is 41.7 Å². The molecule has 29 heavy (non-hydrogen) atoms. The topological polar surface area (TPSA) is 68.2 Å². The van der Waals surface area contributed by atoms with Crippen molar-refractivity contribution in [2.45, 2.75) is 38.9 Å². The monoisotopic (exact) mass is 390 g/mol. The standard InChI is InChI=1S/C23H26N4O2/c1-3-16-4-8-18(9-5-16)21-12-13-27-22(26-21)20(15-25-27)23(28)24-14-17-6-10-19(29-2)11-7-17/h4-11,15,21,26H,3,12-14H2,1-2H3,(H,24,28). The molecule has 1 aliphatic heterocycles. The molecule has 2 aromatic carbocycles. The van der Waals surface area contributed by atoms with Crippen molar-refractivity contribution >= 4 is 11.7 Å². The lowest BCUT2D eigenvalue weighted by atomic mass is 10.00. The molecule has 4 rings (SSSR count). The van der Waals surface area contributed by atoms with Gasteiger partial charge >= 0.3 is 0 Å². The number of hydrogen-bond acceptors (Lipinski definition) is 4. The number of carbonyl (C=O) groups is 1. The first kappa shape index (κ1) is 19.1. The molecule has 3 aromatic rings. The molecule has 0 fully saturated rings. The van der Waals surface area contributed by atoms with Crippen LogP contribution in [-0.4, -0.2) is 22.8 Å². The molecular formula is C23H26N4O2. The maximum Gasteiger partial charge on any atom is 0.256 e. The highest BCUT2D eigenvalue weighted by Gasteiger charge is 2.25. The van der Waals surface area contributed by atoms with Gasteiger partial charge in [0.1, 0.15) is 17.1 Å². The van der Waals surface area contributed by atoms with Crippen molar-refractivity contribution < 1.29 is 9.53 Å². The van der Waals surface area contributed by atoms with Gasteiger partial charge in [0.15, 0.2) is 0 Å². The minimum Gasteiger partial charge on any atom is -0.497 e. The molecule has 2 heterocycles. The Bertz CT molecular complexity index is 977. The summed E-state index contributed by atoms with van der Waals surface area (Å²) in [6.07, 6.45) is 3.62. The van der Waals surface area contributed by atoms with Crippen LogP contribution >= 0.6 is 0 Å². The second-order valence-electron chi connectivity index (χ2n) is 7.24. The summed E-state index contributed by atoms with van der Waals surface area (Å²) in [4.78, 5) is 12.8. The number of carbonyl (C=O) groups excluding carboxylic acids is 1. The van der Waals surface area contributed by atoms with Crippen molar-refractivity contribution in [3.05, 3.63) is 77.0 Å². The van der Waals surface area contributed by atoms with Crippen LogP contribution in [0.2, 0.25) is 0 Å². The van der Waals surface area contributed by atoms with E-state index in [9.17, 15) is 4.79 Å². The fourth-order valence-electron chi connectivity index (χ4n) is 3.62. The van der Waals surface area contributed by atoms with Crippen molar-refractivity contribution in [2.75, 3.05) is 12.4 Å². The number of anilines is 1. The van der Waals surface area contributed by atoms with Gasteiger partial charge in [0.05, 0.1) is 19.3 Å². The second-order valence-corrected chi connectivity index (χ2v) is 7.24. The third-order valence-corrected chi connectivity index (χ3v) is 5.43. The number of fused-ring (bicyclic) bond motifs is 1. The smallest absolute Gasteiger partial charge is 0.256 e. The van der Waals surface area contributed by atoms with E-state index in [1.54, 1.807) is 13.3 Å². The molecule has 6 nitrogen and oxygen atoms in total. The van der Waals surface area contributed by atoms with Gasteiger partial charge in [0.25, 0.3) is 5.91 Å². The first-order valence-electron chi connectivity index (χ1n) is 10.00. The predicted molar refractivity (Wildman–Crippen MR) is 113 cm³/mol. The number of aryl methyl sites for hydroxylation is 2. The fraction of sp³-hybridized carbons (Fsp3) is 0.304. The molecule has 1 amide bonds. The lowest BCUT2D eigenvalue weighted by Crippen LogP contribution is -2.27. The van der Waals surface area contributed by atoms with Gasteiger partial charge in [0, 0.05) is 13.1 Å². The minimum atomic E-state index is -0.128. The third kappa shape index (κ3) is 4.11. The molecular weight excluding hydrogens is 364 g/mol. The Hall–Kier alpha value is -3.28. The van der Waals surface area contributed by atoms with Crippen molar-refractivity contribution in [3.63, 3.8) is 0 Å². The summed E-state index contributed by atoms with van der Waals surface area (Å²) in [6.45, 7) is 3.40. The molecule has 0 radical (unpaired) electrons. The Morgan fingerprint density at radius 2 is 1.90 bits per heavy atom. The number of methoxy groups -OCH3 is 1. The average molecular weight is 390 g/mol. The summed E-state index contributed by atoms with van der Waals surface area (Å²) < 4.78 is 7.04. The highest BCUT2D eigenvalue weighted by atomic mass is 16.5. The van der Waals surface area contributed by atoms with Gasteiger partial charge in [-0.15, -0.1) is 0 Å². The summed E-state index contributed by atoms with van der Waals surface area (Å²) in [6, 6.07) is 16.5. The Labute approximate surface area is 170 Å². The SMILES string of the molecule is CCc1ccc(C2CCn3ncc(C(=O)NCc4ccc(OC)cc4)c3N2)cc1. The summed E-state index contributed by atoms with van der Waals surface area (Å²) >= 11 is 0. The van der Waals surface area contributed by atoms with E-state index in [-0.39, 0.29) is 11.9 Å². The molecule has 2 N–H and O–H groups in total.